The van der Waals surface area contributed by atoms with E-state index in [0.29, 0.717) is 0 Å². The zero-order valence-corrected chi connectivity index (χ0v) is 9.31. The van der Waals surface area contributed by atoms with Crippen molar-refractivity contribution in [2.75, 3.05) is 20.7 Å². The molecule has 0 aliphatic heterocycles. The number of aliphatic hydroxyl groups is 1. The standard InChI is InChI=1S/C10H23NO/c1-9(2,8-12)7-10(3,4)11(5)6/h12H,7-8H2,1-6H3. The van der Waals surface area contributed by atoms with Crippen molar-refractivity contribution in [3.63, 3.8) is 0 Å². The lowest BCUT2D eigenvalue weighted by Gasteiger charge is -2.38. The van der Waals surface area contributed by atoms with Crippen LogP contribution in [0.15, 0.2) is 0 Å². The minimum atomic E-state index is 0.0216. The first-order chi connectivity index (χ1) is 5.21. The Balaban J connectivity index is 4.23. The second kappa shape index (κ2) is 3.75. The predicted octanol–water partition coefficient (Wildman–Crippen LogP) is 1.74. The molecule has 0 aliphatic rings. The van der Waals surface area contributed by atoms with Gasteiger partial charge in [-0.25, -0.2) is 0 Å². The quantitative estimate of drug-likeness (QED) is 0.700. The van der Waals surface area contributed by atoms with Crippen molar-refractivity contribution in [1.82, 2.24) is 4.90 Å². The molecule has 0 amide bonds. The molecule has 0 heterocycles. The third kappa shape index (κ3) is 3.55. The van der Waals surface area contributed by atoms with Crippen molar-refractivity contribution in [1.29, 1.82) is 0 Å². The molecule has 0 spiro atoms. The van der Waals surface area contributed by atoms with E-state index < -0.39 is 0 Å². The minimum Gasteiger partial charge on any atom is -0.396 e. The van der Waals surface area contributed by atoms with Crippen LogP contribution in [0.3, 0.4) is 0 Å². The monoisotopic (exact) mass is 173 g/mol. The van der Waals surface area contributed by atoms with Gasteiger partial charge in [0.1, 0.15) is 0 Å². The zero-order valence-electron chi connectivity index (χ0n) is 9.31. The van der Waals surface area contributed by atoms with Crippen molar-refractivity contribution < 1.29 is 5.11 Å². The fourth-order valence-electron chi connectivity index (χ4n) is 1.39. The number of nitrogens with zero attached hydrogens (tertiary/aromatic N) is 1. The predicted molar refractivity (Wildman–Crippen MR) is 53.2 cm³/mol. The highest BCUT2D eigenvalue weighted by Gasteiger charge is 2.29. The van der Waals surface area contributed by atoms with Gasteiger partial charge in [-0.15, -0.1) is 0 Å². The van der Waals surface area contributed by atoms with Crippen molar-refractivity contribution in [2.24, 2.45) is 5.41 Å². The van der Waals surface area contributed by atoms with Gasteiger partial charge in [-0.3, -0.25) is 0 Å². The summed E-state index contributed by atoms with van der Waals surface area (Å²) in [6.45, 7) is 8.84. The maximum atomic E-state index is 9.12. The molecule has 0 rings (SSSR count). The number of hydrogen-bond donors (Lipinski definition) is 1. The van der Waals surface area contributed by atoms with E-state index in [1.54, 1.807) is 0 Å². The number of hydrogen-bond acceptors (Lipinski definition) is 2. The fourth-order valence-corrected chi connectivity index (χ4v) is 1.39. The van der Waals surface area contributed by atoms with Crippen LogP contribution < -0.4 is 0 Å². The van der Waals surface area contributed by atoms with Crippen LogP contribution in [0.25, 0.3) is 0 Å². The molecule has 12 heavy (non-hydrogen) atoms. The Kier molecular flexibility index (Phi) is 3.73. The summed E-state index contributed by atoms with van der Waals surface area (Å²) in [6.07, 6.45) is 1.00. The molecule has 2 nitrogen and oxygen atoms in total. The Hall–Kier alpha value is -0.0800. The molecular formula is C10H23NO. The van der Waals surface area contributed by atoms with Crippen LogP contribution in [0.1, 0.15) is 34.1 Å². The summed E-state index contributed by atoms with van der Waals surface area (Å²) in [5.74, 6) is 0. The first kappa shape index (κ1) is 11.9. The number of aliphatic hydroxyl groups excluding tert-OH is 1. The fraction of sp³-hybridized carbons (Fsp3) is 1.00. The molecule has 0 bridgehead atoms. The van der Waals surface area contributed by atoms with Gasteiger partial charge in [0, 0.05) is 12.1 Å². The molecule has 0 unspecified atom stereocenters. The normalized spacial score (nSPS) is 14.0. The first-order valence-corrected chi connectivity index (χ1v) is 4.49. The molecule has 0 saturated carbocycles. The smallest absolute Gasteiger partial charge is 0.0482 e. The molecule has 74 valence electrons. The van der Waals surface area contributed by atoms with Gasteiger partial charge in [0.2, 0.25) is 0 Å². The summed E-state index contributed by atoms with van der Waals surface area (Å²) >= 11 is 0. The highest BCUT2D eigenvalue weighted by atomic mass is 16.3. The van der Waals surface area contributed by atoms with Gasteiger partial charge in [-0.2, -0.15) is 0 Å². The zero-order chi connectivity index (χ0) is 9.99. The topological polar surface area (TPSA) is 23.5 Å². The molecule has 0 aromatic rings. The Labute approximate surface area is 76.6 Å². The van der Waals surface area contributed by atoms with E-state index in [9.17, 15) is 0 Å². The van der Waals surface area contributed by atoms with Crippen molar-refractivity contribution >= 4 is 0 Å². The lowest BCUT2D eigenvalue weighted by Crippen LogP contribution is -2.42. The van der Waals surface area contributed by atoms with Crippen LogP contribution in [0.5, 0.6) is 0 Å². The minimum absolute atomic E-state index is 0.0216. The second-order valence-corrected chi connectivity index (χ2v) is 5.21. The molecule has 0 aliphatic carbocycles. The number of rotatable bonds is 4. The van der Waals surface area contributed by atoms with E-state index in [4.69, 9.17) is 5.11 Å². The Bertz CT molecular complexity index is 139. The van der Waals surface area contributed by atoms with E-state index in [1.165, 1.54) is 0 Å². The van der Waals surface area contributed by atoms with E-state index in [0.717, 1.165) is 6.42 Å². The molecule has 0 fully saturated rings. The van der Waals surface area contributed by atoms with Crippen molar-refractivity contribution in [2.45, 2.75) is 39.7 Å². The highest BCUT2D eigenvalue weighted by Crippen LogP contribution is 2.29. The molecular weight excluding hydrogens is 150 g/mol. The molecule has 0 radical (unpaired) electrons. The summed E-state index contributed by atoms with van der Waals surface area (Å²) < 4.78 is 0. The van der Waals surface area contributed by atoms with E-state index >= 15 is 0 Å². The summed E-state index contributed by atoms with van der Waals surface area (Å²) in [6, 6.07) is 0. The molecule has 0 saturated heterocycles. The highest BCUT2D eigenvalue weighted by molar-refractivity contribution is 4.84. The van der Waals surface area contributed by atoms with E-state index in [-0.39, 0.29) is 17.6 Å². The van der Waals surface area contributed by atoms with Crippen LogP contribution in [0.2, 0.25) is 0 Å². The SMILES string of the molecule is CN(C)C(C)(C)CC(C)(C)CO. The summed E-state index contributed by atoms with van der Waals surface area (Å²) in [5, 5.41) is 9.12. The van der Waals surface area contributed by atoms with Crippen LogP contribution in [0, 0.1) is 5.41 Å². The van der Waals surface area contributed by atoms with Gasteiger partial charge < -0.3 is 10.0 Å². The van der Waals surface area contributed by atoms with E-state index in [2.05, 4.69) is 46.7 Å². The van der Waals surface area contributed by atoms with Crippen molar-refractivity contribution in [3.8, 4) is 0 Å². The Morgan fingerprint density at radius 3 is 1.75 bits per heavy atom. The van der Waals surface area contributed by atoms with Crippen LogP contribution >= 0.6 is 0 Å². The van der Waals surface area contributed by atoms with Crippen molar-refractivity contribution in [3.05, 3.63) is 0 Å². The maximum Gasteiger partial charge on any atom is 0.0482 e. The summed E-state index contributed by atoms with van der Waals surface area (Å²) in [7, 11) is 4.15. The molecule has 0 aromatic heterocycles. The van der Waals surface area contributed by atoms with Gasteiger partial charge >= 0.3 is 0 Å². The molecule has 1 N–H and O–H groups in total. The average Bonchev–Trinajstić information content (AvgIpc) is 1.85. The molecule has 0 aromatic carbocycles. The average molecular weight is 173 g/mol. The maximum absolute atomic E-state index is 9.12. The second-order valence-electron chi connectivity index (χ2n) is 5.21. The molecule has 0 atom stereocenters. The largest absolute Gasteiger partial charge is 0.396 e. The lowest BCUT2D eigenvalue weighted by atomic mass is 9.80. The van der Waals surface area contributed by atoms with Gasteiger partial charge in [0.15, 0.2) is 0 Å². The van der Waals surface area contributed by atoms with Crippen LogP contribution in [-0.4, -0.2) is 36.2 Å². The lowest BCUT2D eigenvalue weighted by molar-refractivity contribution is 0.0743. The van der Waals surface area contributed by atoms with Gasteiger partial charge in [-0.1, -0.05) is 13.8 Å². The third-order valence-corrected chi connectivity index (χ3v) is 2.55. The van der Waals surface area contributed by atoms with Gasteiger partial charge in [0.25, 0.3) is 0 Å². The van der Waals surface area contributed by atoms with Crippen LogP contribution in [0.4, 0.5) is 0 Å². The Morgan fingerprint density at radius 2 is 1.50 bits per heavy atom. The first-order valence-electron chi connectivity index (χ1n) is 4.49. The summed E-state index contributed by atoms with van der Waals surface area (Å²) in [4.78, 5) is 2.20. The van der Waals surface area contributed by atoms with E-state index in [1.807, 2.05) is 0 Å². The molecule has 2 heteroatoms. The van der Waals surface area contributed by atoms with Gasteiger partial charge in [0.05, 0.1) is 0 Å². The van der Waals surface area contributed by atoms with Crippen LogP contribution in [-0.2, 0) is 0 Å². The Morgan fingerprint density at radius 1 is 1.08 bits per heavy atom. The third-order valence-electron chi connectivity index (χ3n) is 2.55. The van der Waals surface area contributed by atoms with Gasteiger partial charge in [-0.05, 0) is 39.8 Å². The summed E-state index contributed by atoms with van der Waals surface area (Å²) in [5.41, 5.74) is 0.181.